The quantitative estimate of drug-likeness (QED) is 0.696. The van der Waals surface area contributed by atoms with E-state index in [9.17, 15) is 0 Å². The second-order valence-electron chi connectivity index (χ2n) is 6.36. The van der Waals surface area contributed by atoms with Gasteiger partial charge in [0.15, 0.2) is 5.84 Å². The predicted molar refractivity (Wildman–Crippen MR) is 109 cm³/mol. The molecule has 7 heteroatoms. The molecule has 27 heavy (non-hydrogen) atoms. The van der Waals surface area contributed by atoms with Gasteiger partial charge in [0, 0.05) is 14.6 Å². The van der Waals surface area contributed by atoms with Gasteiger partial charge in [0.1, 0.15) is 17.7 Å². The molecule has 0 bridgehead atoms. The number of thiophene rings is 1. The molecule has 3 aromatic rings. The molecule has 0 fully saturated rings. The molecule has 0 aliphatic carbocycles. The van der Waals surface area contributed by atoms with Gasteiger partial charge in [0.2, 0.25) is 0 Å². The summed E-state index contributed by atoms with van der Waals surface area (Å²) in [7, 11) is 0. The number of benzene rings is 1. The van der Waals surface area contributed by atoms with Crippen LogP contribution >= 0.6 is 23.1 Å². The first-order valence-corrected chi connectivity index (χ1v) is 10.3. The Kier molecular flexibility index (Phi) is 5.24. The van der Waals surface area contributed by atoms with E-state index in [-0.39, 0.29) is 6.04 Å². The third-order valence-electron chi connectivity index (χ3n) is 4.40. The first kappa shape index (κ1) is 18.2. The number of nitrogens with zero attached hydrogens (tertiary/aromatic N) is 3. The molecule has 0 spiro atoms. The maximum atomic E-state index is 5.68. The van der Waals surface area contributed by atoms with Gasteiger partial charge in [-0.15, -0.1) is 16.4 Å². The van der Waals surface area contributed by atoms with E-state index in [1.54, 1.807) is 23.1 Å². The van der Waals surface area contributed by atoms with Crippen molar-refractivity contribution in [1.82, 2.24) is 15.7 Å². The lowest BCUT2D eigenvalue weighted by atomic mass is 10.1. The first-order chi connectivity index (χ1) is 13.1. The fraction of sp³-hybridized carbons (Fsp3) is 0.250. The molecule has 1 N–H and O–H groups in total. The van der Waals surface area contributed by atoms with Crippen molar-refractivity contribution < 1.29 is 4.84 Å². The Balaban J connectivity index is 1.75. The molecule has 0 saturated carbocycles. The lowest BCUT2D eigenvalue weighted by molar-refractivity contribution is 0.0627. The number of rotatable bonds is 4. The average molecular weight is 397 g/mol. The van der Waals surface area contributed by atoms with Gasteiger partial charge in [0.25, 0.3) is 0 Å². The predicted octanol–water partition coefficient (Wildman–Crippen LogP) is 4.64. The summed E-state index contributed by atoms with van der Waals surface area (Å²) in [5, 5.41) is 9.59. The highest BCUT2D eigenvalue weighted by Crippen LogP contribution is 2.33. The Hall–Kier alpha value is -2.22. The van der Waals surface area contributed by atoms with Crippen LogP contribution < -0.4 is 5.48 Å². The third kappa shape index (κ3) is 3.90. The van der Waals surface area contributed by atoms with Crippen LogP contribution in [0.25, 0.3) is 0 Å². The summed E-state index contributed by atoms with van der Waals surface area (Å²) < 4.78 is 0. The summed E-state index contributed by atoms with van der Waals surface area (Å²) in [5.41, 5.74) is 5.91. The Labute approximate surface area is 166 Å². The van der Waals surface area contributed by atoms with Crippen LogP contribution in [0.4, 0.5) is 0 Å². The number of aryl methyl sites for hydroxylation is 2. The van der Waals surface area contributed by atoms with Crippen LogP contribution in [-0.4, -0.2) is 22.6 Å². The molecular weight excluding hydrogens is 376 g/mol. The minimum atomic E-state index is -0.0117. The smallest absolute Gasteiger partial charge is 0.156 e. The molecule has 1 aliphatic heterocycles. The van der Waals surface area contributed by atoms with E-state index in [0.717, 1.165) is 26.7 Å². The van der Waals surface area contributed by atoms with Gasteiger partial charge in [-0.2, -0.15) is 5.10 Å². The molecule has 0 saturated heterocycles. The van der Waals surface area contributed by atoms with E-state index in [1.165, 1.54) is 9.75 Å². The first-order valence-electron chi connectivity index (χ1n) is 8.71. The molecular formula is C20H20N4OS2. The van der Waals surface area contributed by atoms with Gasteiger partial charge in [0.05, 0.1) is 11.3 Å². The number of aromatic nitrogens is 2. The average Bonchev–Trinajstić information content (AvgIpc) is 3.12. The van der Waals surface area contributed by atoms with E-state index in [1.807, 2.05) is 25.1 Å². The lowest BCUT2D eigenvalue weighted by Crippen LogP contribution is -2.33. The Morgan fingerprint density at radius 3 is 2.63 bits per heavy atom. The standard InChI is InChI=1S/C20H20N4OS2/c1-12-9-10-17(26-12)16-11-25-24-19(21-16)18-13(2)14(3)22-23-20(18)27-15-7-5-4-6-8-15/h4-10,16H,11H2,1-3H3,(H,21,24)/t16-/m1/s1. The summed E-state index contributed by atoms with van der Waals surface area (Å²) in [6, 6.07) is 14.4. The molecule has 4 rings (SSSR count). The molecule has 138 valence electrons. The Morgan fingerprint density at radius 1 is 1.07 bits per heavy atom. The van der Waals surface area contributed by atoms with E-state index in [0.29, 0.717) is 12.4 Å². The second kappa shape index (κ2) is 7.80. The van der Waals surface area contributed by atoms with Crippen LogP contribution in [0.15, 0.2) is 57.4 Å². The number of hydrogen-bond donors (Lipinski definition) is 1. The van der Waals surface area contributed by atoms with E-state index >= 15 is 0 Å². The minimum absolute atomic E-state index is 0.0117. The molecule has 0 unspecified atom stereocenters. The minimum Gasteiger partial charge on any atom is -0.272 e. The Bertz CT molecular complexity index is 985. The van der Waals surface area contributed by atoms with Crippen LogP contribution in [0.5, 0.6) is 0 Å². The van der Waals surface area contributed by atoms with Gasteiger partial charge >= 0.3 is 0 Å². The van der Waals surface area contributed by atoms with E-state index in [4.69, 9.17) is 9.83 Å². The van der Waals surface area contributed by atoms with Crippen LogP contribution in [0.1, 0.15) is 32.6 Å². The molecule has 1 atom stereocenters. The molecule has 5 nitrogen and oxygen atoms in total. The summed E-state index contributed by atoms with van der Waals surface area (Å²) >= 11 is 3.34. The zero-order chi connectivity index (χ0) is 18.8. The number of nitrogens with one attached hydrogen (secondary N) is 1. The molecule has 1 aromatic carbocycles. The van der Waals surface area contributed by atoms with Crippen molar-refractivity contribution in [2.24, 2.45) is 4.99 Å². The zero-order valence-electron chi connectivity index (χ0n) is 15.4. The van der Waals surface area contributed by atoms with E-state index < -0.39 is 0 Å². The third-order valence-corrected chi connectivity index (χ3v) is 6.49. The van der Waals surface area contributed by atoms with Gasteiger partial charge in [-0.05, 0) is 50.6 Å². The number of hydroxylamine groups is 1. The van der Waals surface area contributed by atoms with Gasteiger partial charge in [-0.1, -0.05) is 30.0 Å². The molecule has 0 radical (unpaired) electrons. The van der Waals surface area contributed by atoms with Crippen LogP contribution in [-0.2, 0) is 4.84 Å². The molecule has 2 aromatic heterocycles. The number of amidine groups is 1. The molecule has 3 heterocycles. The van der Waals surface area contributed by atoms with Crippen LogP contribution in [0.3, 0.4) is 0 Å². The number of hydrogen-bond acceptors (Lipinski definition) is 7. The highest BCUT2D eigenvalue weighted by atomic mass is 32.2. The van der Waals surface area contributed by atoms with Crippen molar-refractivity contribution in [3.8, 4) is 0 Å². The van der Waals surface area contributed by atoms with Gasteiger partial charge in [-0.3, -0.25) is 9.83 Å². The summed E-state index contributed by atoms with van der Waals surface area (Å²) in [4.78, 5) is 14.2. The molecule has 1 aliphatic rings. The number of aliphatic imine (C=N–C) groups is 1. The van der Waals surface area contributed by atoms with Crippen molar-refractivity contribution in [1.29, 1.82) is 0 Å². The van der Waals surface area contributed by atoms with Crippen molar-refractivity contribution in [2.45, 2.75) is 36.7 Å². The normalized spacial score (nSPS) is 16.7. The summed E-state index contributed by atoms with van der Waals surface area (Å²) in [6.45, 7) is 6.64. The monoisotopic (exact) mass is 396 g/mol. The maximum Gasteiger partial charge on any atom is 0.156 e. The lowest BCUT2D eigenvalue weighted by Gasteiger charge is -2.23. The van der Waals surface area contributed by atoms with Crippen LogP contribution in [0.2, 0.25) is 0 Å². The Morgan fingerprint density at radius 2 is 1.89 bits per heavy atom. The van der Waals surface area contributed by atoms with Crippen molar-refractivity contribution in [3.63, 3.8) is 0 Å². The fourth-order valence-corrected chi connectivity index (χ4v) is 4.69. The highest BCUT2D eigenvalue weighted by Gasteiger charge is 2.24. The van der Waals surface area contributed by atoms with E-state index in [2.05, 4.69) is 53.8 Å². The van der Waals surface area contributed by atoms with Crippen molar-refractivity contribution in [3.05, 3.63) is 69.0 Å². The highest BCUT2D eigenvalue weighted by molar-refractivity contribution is 7.99. The second-order valence-corrected chi connectivity index (χ2v) is 8.74. The SMILES string of the molecule is Cc1ccc([C@H]2CONC(c3c(Sc4ccccc4)nnc(C)c3C)=N2)s1. The maximum absolute atomic E-state index is 5.68. The largest absolute Gasteiger partial charge is 0.272 e. The molecule has 0 amide bonds. The van der Waals surface area contributed by atoms with Gasteiger partial charge < -0.3 is 0 Å². The summed E-state index contributed by atoms with van der Waals surface area (Å²) in [5.74, 6) is 0.714. The van der Waals surface area contributed by atoms with Crippen molar-refractivity contribution in [2.75, 3.05) is 6.61 Å². The van der Waals surface area contributed by atoms with Gasteiger partial charge in [-0.25, -0.2) is 5.48 Å². The topological polar surface area (TPSA) is 59.4 Å². The van der Waals surface area contributed by atoms with Crippen LogP contribution in [0, 0.1) is 20.8 Å². The zero-order valence-corrected chi connectivity index (χ0v) is 17.0. The summed E-state index contributed by atoms with van der Waals surface area (Å²) in [6.07, 6.45) is 0. The fourth-order valence-electron chi connectivity index (χ4n) is 2.84. The van der Waals surface area contributed by atoms with Crippen molar-refractivity contribution >= 4 is 28.9 Å².